The van der Waals surface area contributed by atoms with Gasteiger partial charge in [-0.3, -0.25) is 37.3 Å². The molecule has 612 valence electrons. The van der Waals surface area contributed by atoms with Gasteiger partial charge in [0.2, 0.25) is 0 Å². The fourth-order valence-electron chi connectivity index (χ4n) is 13.0. The fourth-order valence-corrected chi connectivity index (χ4v) is 14.6. The molecule has 17 nitrogen and oxygen atoms in total. The number of carbonyl (C=O) groups excluding carboxylic acids is 4. The van der Waals surface area contributed by atoms with Crippen LogP contribution in [0.2, 0.25) is 0 Å². The summed E-state index contributed by atoms with van der Waals surface area (Å²) in [5.41, 5.74) is 0. The molecule has 0 aliphatic carbocycles. The second-order valence-electron chi connectivity index (χ2n) is 31.4. The molecular weight excluding hydrogens is 1340 g/mol. The van der Waals surface area contributed by atoms with E-state index in [9.17, 15) is 43.2 Å². The Morgan fingerprint density at radius 1 is 0.282 bits per heavy atom. The summed E-state index contributed by atoms with van der Waals surface area (Å²) in [6.07, 6.45) is 63.9. The number of unbranched alkanes of at least 4 members (excludes halogenated alkanes) is 49. The van der Waals surface area contributed by atoms with Crippen molar-refractivity contribution in [3.8, 4) is 0 Å². The molecule has 0 aromatic heterocycles. The second kappa shape index (κ2) is 74.2. The molecule has 0 rings (SSSR count). The summed E-state index contributed by atoms with van der Waals surface area (Å²) in [6, 6.07) is 0. The average Bonchev–Trinajstić information content (AvgIpc) is 0.909. The van der Waals surface area contributed by atoms with E-state index in [1.807, 2.05) is 0 Å². The summed E-state index contributed by atoms with van der Waals surface area (Å²) in [5.74, 6) is 0.230. The number of ether oxygens (including phenoxy) is 4. The van der Waals surface area contributed by atoms with E-state index in [2.05, 4.69) is 48.5 Å². The summed E-state index contributed by atoms with van der Waals surface area (Å²) in [6.45, 7) is 12.0. The third-order valence-electron chi connectivity index (χ3n) is 20.0. The first-order valence-corrected chi connectivity index (χ1v) is 46.4. The van der Waals surface area contributed by atoms with Gasteiger partial charge in [0.25, 0.3) is 0 Å². The van der Waals surface area contributed by atoms with Crippen molar-refractivity contribution < 1.29 is 80.2 Å². The van der Waals surface area contributed by atoms with Crippen LogP contribution in [0.1, 0.15) is 440 Å². The number of phosphoric ester groups is 2. The molecule has 0 spiro atoms. The van der Waals surface area contributed by atoms with Gasteiger partial charge >= 0.3 is 39.5 Å². The minimum absolute atomic E-state index is 0.106. The predicted molar refractivity (Wildman–Crippen MR) is 423 cm³/mol. The zero-order chi connectivity index (χ0) is 75.8. The topological polar surface area (TPSA) is 237 Å². The number of esters is 4. The zero-order valence-corrected chi connectivity index (χ0v) is 69.6. The van der Waals surface area contributed by atoms with Crippen LogP contribution in [0.25, 0.3) is 0 Å². The number of hydrogen-bond donors (Lipinski definition) is 3. The van der Waals surface area contributed by atoms with Gasteiger partial charge in [0.15, 0.2) is 12.2 Å². The van der Waals surface area contributed by atoms with Crippen molar-refractivity contribution in [1.82, 2.24) is 0 Å². The van der Waals surface area contributed by atoms with Crippen molar-refractivity contribution in [2.75, 3.05) is 39.6 Å². The van der Waals surface area contributed by atoms with Crippen molar-refractivity contribution in [3.63, 3.8) is 0 Å². The first kappa shape index (κ1) is 101. The molecule has 0 aliphatic heterocycles. The van der Waals surface area contributed by atoms with E-state index in [-0.39, 0.29) is 25.7 Å². The van der Waals surface area contributed by atoms with Crippen LogP contribution in [0.15, 0.2) is 0 Å². The summed E-state index contributed by atoms with van der Waals surface area (Å²) < 4.78 is 68.8. The Bertz CT molecular complexity index is 1990. The fraction of sp³-hybridized carbons (Fsp3) is 0.952. The number of rotatable bonds is 82. The largest absolute Gasteiger partial charge is 0.472 e. The monoisotopic (exact) mass is 1510 g/mol. The number of hydrogen-bond acceptors (Lipinski definition) is 15. The van der Waals surface area contributed by atoms with E-state index < -0.39 is 97.5 Å². The quantitative estimate of drug-likeness (QED) is 0.0222. The van der Waals surface area contributed by atoms with Crippen LogP contribution >= 0.6 is 15.6 Å². The molecule has 3 unspecified atom stereocenters. The highest BCUT2D eigenvalue weighted by molar-refractivity contribution is 7.47. The average molecular weight is 1510 g/mol. The Hall–Kier alpha value is -1.94. The molecular formula is C84H164O17P2. The maximum Gasteiger partial charge on any atom is 0.472 e. The molecule has 0 aromatic rings. The van der Waals surface area contributed by atoms with Gasteiger partial charge in [-0.2, -0.15) is 0 Å². The first-order valence-electron chi connectivity index (χ1n) is 43.4. The first-order chi connectivity index (χ1) is 49.8. The van der Waals surface area contributed by atoms with E-state index in [0.29, 0.717) is 25.7 Å². The Labute approximate surface area is 632 Å². The highest BCUT2D eigenvalue weighted by Gasteiger charge is 2.30. The molecule has 0 heterocycles. The summed E-state index contributed by atoms with van der Waals surface area (Å²) in [7, 11) is -9.93. The van der Waals surface area contributed by atoms with Gasteiger partial charge in [0, 0.05) is 25.7 Å². The van der Waals surface area contributed by atoms with Crippen molar-refractivity contribution >= 4 is 39.5 Å². The Morgan fingerprint density at radius 3 is 0.738 bits per heavy atom. The Balaban J connectivity index is 5.25. The summed E-state index contributed by atoms with van der Waals surface area (Å²) in [5, 5.41) is 10.7. The number of aliphatic hydroxyl groups is 1. The van der Waals surface area contributed by atoms with Crippen molar-refractivity contribution in [2.45, 2.75) is 458 Å². The molecule has 0 fully saturated rings. The molecule has 19 heteroatoms. The van der Waals surface area contributed by atoms with Crippen LogP contribution in [0.5, 0.6) is 0 Å². The third-order valence-corrected chi connectivity index (χ3v) is 21.9. The van der Waals surface area contributed by atoms with Gasteiger partial charge in [-0.25, -0.2) is 9.13 Å². The van der Waals surface area contributed by atoms with E-state index in [1.165, 1.54) is 250 Å². The van der Waals surface area contributed by atoms with Crippen LogP contribution in [-0.2, 0) is 65.4 Å². The molecule has 3 N–H and O–H groups in total. The Morgan fingerprint density at radius 2 is 0.495 bits per heavy atom. The summed E-state index contributed by atoms with van der Waals surface area (Å²) >= 11 is 0. The van der Waals surface area contributed by atoms with Gasteiger partial charge in [0.05, 0.1) is 26.4 Å². The SMILES string of the molecule is CCCCCCCCCCCCCCCCCCCCCC(=O)OC[C@H](COP(=O)(O)OC[C@@H](O)COP(=O)(O)OC[C@@H](COC(=O)CCCCCCCCCCC(C)C)OC(=O)CCCCCCCCCCCCC(C)CC)OC(=O)CCCCCCCCCCCCCCCCCCC(C)C. The normalized spacial score (nSPS) is 14.2. The standard InChI is InChI=1S/C84H164O17P2/c1-8-10-11-12-13-14-15-16-17-18-19-20-24-27-30-36-44-51-58-65-81(86)94-71-79(100-83(88)67-60-53-46-37-31-28-25-22-21-23-26-29-34-41-48-55-62-75(3)4)73-98-102(90,91)96-69-78(85)70-97-103(92,93)99-74-80(72-95-82(87)66-59-52-45-40-39-42-49-56-63-76(5)6)101-84(89)68-61-54-47-38-33-32-35-43-50-57-64-77(7)9-2/h75-80,85H,8-74H2,1-7H3,(H,90,91)(H,92,93)/t77?,78-,79-,80-/m1/s1. The molecule has 0 aliphatic rings. The highest BCUT2D eigenvalue weighted by atomic mass is 31.2. The third kappa shape index (κ3) is 76.6. The molecule has 103 heavy (non-hydrogen) atoms. The zero-order valence-electron chi connectivity index (χ0n) is 67.8. The minimum atomic E-state index is -4.97. The molecule has 0 saturated heterocycles. The molecule has 0 aromatic carbocycles. The predicted octanol–water partition coefficient (Wildman–Crippen LogP) is 25.3. The van der Waals surface area contributed by atoms with Crippen LogP contribution < -0.4 is 0 Å². The van der Waals surface area contributed by atoms with Crippen molar-refractivity contribution in [3.05, 3.63) is 0 Å². The van der Waals surface area contributed by atoms with E-state index in [0.717, 1.165) is 108 Å². The molecule has 0 saturated carbocycles. The lowest BCUT2D eigenvalue weighted by Gasteiger charge is -2.21. The molecule has 0 radical (unpaired) electrons. The lowest BCUT2D eigenvalue weighted by Crippen LogP contribution is -2.30. The van der Waals surface area contributed by atoms with Gasteiger partial charge < -0.3 is 33.8 Å². The van der Waals surface area contributed by atoms with E-state index in [1.54, 1.807) is 0 Å². The number of aliphatic hydroxyl groups excluding tert-OH is 1. The van der Waals surface area contributed by atoms with Gasteiger partial charge in [0.1, 0.15) is 19.3 Å². The van der Waals surface area contributed by atoms with E-state index >= 15 is 0 Å². The van der Waals surface area contributed by atoms with Crippen molar-refractivity contribution in [2.24, 2.45) is 17.8 Å². The second-order valence-corrected chi connectivity index (χ2v) is 34.3. The van der Waals surface area contributed by atoms with Crippen molar-refractivity contribution in [1.29, 1.82) is 0 Å². The van der Waals surface area contributed by atoms with Crippen LogP contribution in [0.3, 0.4) is 0 Å². The lowest BCUT2D eigenvalue weighted by molar-refractivity contribution is -0.161. The lowest BCUT2D eigenvalue weighted by atomic mass is 9.99. The van der Waals surface area contributed by atoms with Crippen LogP contribution in [-0.4, -0.2) is 96.7 Å². The van der Waals surface area contributed by atoms with Crippen LogP contribution in [0.4, 0.5) is 0 Å². The van der Waals surface area contributed by atoms with Gasteiger partial charge in [-0.15, -0.1) is 0 Å². The minimum Gasteiger partial charge on any atom is -0.462 e. The smallest absolute Gasteiger partial charge is 0.462 e. The number of phosphoric acid groups is 2. The highest BCUT2D eigenvalue weighted by Crippen LogP contribution is 2.45. The van der Waals surface area contributed by atoms with Gasteiger partial charge in [-0.05, 0) is 43.4 Å². The van der Waals surface area contributed by atoms with E-state index in [4.69, 9.17) is 37.0 Å². The summed E-state index contributed by atoms with van der Waals surface area (Å²) in [4.78, 5) is 73.2. The molecule has 0 amide bonds. The van der Waals surface area contributed by atoms with Crippen LogP contribution in [0, 0.1) is 17.8 Å². The van der Waals surface area contributed by atoms with Gasteiger partial charge in [-0.1, -0.05) is 389 Å². The molecule has 6 atom stereocenters. The number of carbonyl (C=O) groups is 4. The molecule has 0 bridgehead atoms. The maximum atomic E-state index is 13.1. The Kier molecular flexibility index (Phi) is 72.8. The maximum absolute atomic E-state index is 13.1.